The van der Waals surface area contributed by atoms with E-state index in [4.69, 9.17) is 5.73 Å². The van der Waals surface area contributed by atoms with Gasteiger partial charge in [0.15, 0.2) is 0 Å². The topological polar surface area (TPSA) is 26.0 Å². The Balaban J connectivity index is 1.89. The van der Waals surface area contributed by atoms with Crippen LogP contribution in [0.4, 0.5) is 5.69 Å². The first-order valence-corrected chi connectivity index (χ1v) is 8.17. The molecule has 0 saturated heterocycles. The summed E-state index contributed by atoms with van der Waals surface area (Å²) in [7, 11) is 0. The SMILES string of the molecule is CCCCCCCCCCCCc1cccc(N)c1. The molecule has 0 bridgehead atoms. The van der Waals surface area contributed by atoms with Crippen LogP contribution < -0.4 is 5.73 Å². The molecule has 0 radical (unpaired) electrons. The maximum atomic E-state index is 5.78. The zero-order chi connectivity index (χ0) is 13.8. The van der Waals surface area contributed by atoms with E-state index in [-0.39, 0.29) is 0 Å². The Morgan fingerprint density at radius 2 is 1.37 bits per heavy atom. The minimum absolute atomic E-state index is 0.893. The molecular weight excluding hydrogens is 230 g/mol. The summed E-state index contributed by atoms with van der Waals surface area (Å²) in [4.78, 5) is 0. The molecule has 1 aromatic carbocycles. The molecule has 1 rings (SSSR count). The van der Waals surface area contributed by atoms with Gasteiger partial charge in [0.1, 0.15) is 0 Å². The zero-order valence-electron chi connectivity index (χ0n) is 12.7. The minimum atomic E-state index is 0.893. The van der Waals surface area contributed by atoms with Gasteiger partial charge in [0.25, 0.3) is 0 Å². The number of nitrogen functional groups attached to an aromatic ring is 1. The van der Waals surface area contributed by atoms with Gasteiger partial charge in [0.2, 0.25) is 0 Å². The molecule has 0 saturated carbocycles. The van der Waals surface area contributed by atoms with Crippen molar-refractivity contribution in [3.63, 3.8) is 0 Å². The molecule has 0 fully saturated rings. The highest BCUT2D eigenvalue weighted by molar-refractivity contribution is 5.40. The lowest BCUT2D eigenvalue weighted by Gasteiger charge is -2.03. The minimum Gasteiger partial charge on any atom is -0.399 e. The van der Waals surface area contributed by atoms with Gasteiger partial charge in [-0.25, -0.2) is 0 Å². The Bertz CT molecular complexity index is 319. The molecule has 0 aromatic heterocycles. The molecule has 108 valence electrons. The lowest BCUT2D eigenvalue weighted by Crippen LogP contribution is -1.89. The van der Waals surface area contributed by atoms with Crippen LogP contribution in [0.5, 0.6) is 0 Å². The van der Waals surface area contributed by atoms with Crippen LogP contribution in [-0.4, -0.2) is 0 Å². The Morgan fingerprint density at radius 3 is 1.95 bits per heavy atom. The van der Waals surface area contributed by atoms with Gasteiger partial charge in [-0.05, 0) is 30.5 Å². The standard InChI is InChI=1S/C18H31N/c1-2-3-4-5-6-7-8-9-10-11-13-17-14-12-15-18(19)16-17/h12,14-16H,2-11,13,19H2,1H3. The fourth-order valence-corrected chi connectivity index (χ4v) is 2.57. The summed E-state index contributed by atoms with van der Waals surface area (Å²) in [5, 5.41) is 0. The first-order valence-electron chi connectivity index (χ1n) is 8.17. The largest absolute Gasteiger partial charge is 0.399 e. The molecule has 1 aromatic rings. The van der Waals surface area contributed by atoms with Crippen molar-refractivity contribution in [1.82, 2.24) is 0 Å². The molecule has 0 amide bonds. The van der Waals surface area contributed by atoms with E-state index in [9.17, 15) is 0 Å². The van der Waals surface area contributed by atoms with Crippen LogP contribution in [-0.2, 0) is 6.42 Å². The number of rotatable bonds is 11. The van der Waals surface area contributed by atoms with Crippen LogP contribution in [0, 0.1) is 0 Å². The Hall–Kier alpha value is -0.980. The second-order valence-corrected chi connectivity index (χ2v) is 5.68. The Kier molecular flexibility index (Phi) is 9.22. The normalized spacial score (nSPS) is 10.8. The van der Waals surface area contributed by atoms with Gasteiger partial charge in [-0.3, -0.25) is 0 Å². The van der Waals surface area contributed by atoms with E-state index in [0.717, 1.165) is 5.69 Å². The molecule has 1 nitrogen and oxygen atoms in total. The summed E-state index contributed by atoms with van der Waals surface area (Å²) in [5.74, 6) is 0. The van der Waals surface area contributed by atoms with Crippen LogP contribution in [0.25, 0.3) is 0 Å². The van der Waals surface area contributed by atoms with E-state index in [1.54, 1.807) is 0 Å². The van der Waals surface area contributed by atoms with Crippen molar-refractivity contribution < 1.29 is 0 Å². The van der Waals surface area contributed by atoms with Crippen LogP contribution in [0.1, 0.15) is 76.7 Å². The maximum absolute atomic E-state index is 5.78. The third kappa shape index (κ3) is 8.69. The molecule has 0 atom stereocenters. The lowest BCUT2D eigenvalue weighted by molar-refractivity contribution is 0.556. The number of hydrogen-bond donors (Lipinski definition) is 1. The summed E-state index contributed by atoms with van der Waals surface area (Å²) in [6, 6.07) is 8.31. The average Bonchev–Trinajstić information content (AvgIpc) is 2.41. The van der Waals surface area contributed by atoms with Crippen molar-refractivity contribution in [3.8, 4) is 0 Å². The summed E-state index contributed by atoms with van der Waals surface area (Å²) < 4.78 is 0. The zero-order valence-corrected chi connectivity index (χ0v) is 12.7. The van der Waals surface area contributed by atoms with E-state index in [1.807, 2.05) is 6.07 Å². The fraction of sp³-hybridized carbons (Fsp3) is 0.667. The van der Waals surface area contributed by atoms with Crippen LogP contribution >= 0.6 is 0 Å². The molecule has 2 N–H and O–H groups in total. The molecule has 0 heterocycles. The molecule has 0 spiro atoms. The number of anilines is 1. The highest BCUT2D eigenvalue weighted by atomic mass is 14.5. The van der Waals surface area contributed by atoms with Crippen molar-refractivity contribution in [2.75, 3.05) is 5.73 Å². The van der Waals surface area contributed by atoms with Crippen molar-refractivity contribution in [1.29, 1.82) is 0 Å². The van der Waals surface area contributed by atoms with Crippen molar-refractivity contribution >= 4 is 5.69 Å². The summed E-state index contributed by atoms with van der Waals surface area (Å²) >= 11 is 0. The third-order valence-electron chi connectivity index (χ3n) is 3.77. The first kappa shape index (κ1) is 16.1. The molecule has 1 heteroatoms. The van der Waals surface area contributed by atoms with E-state index < -0.39 is 0 Å². The van der Waals surface area contributed by atoms with Gasteiger partial charge < -0.3 is 5.73 Å². The monoisotopic (exact) mass is 261 g/mol. The van der Waals surface area contributed by atoms with E-state index in [2.05, 4.69) is 25.1 Å². The summed E-state index contributed by atoms with van der Waals surface area (Å²) in [5.41, 5.74) is 8.06. The second kappa shape index (κ2) is 10.9. The maximum Gasteiger partial charge on any atom is 0.0316 e. The second-order valence-electron chi connectivity index (χ2n) is 5.68. The molecule has 0 aliphatic heterocycles. The predicted octanol–water partition coefficient (Wildman–Crippen LogP) is 5.73. The highest BCUT2D eigenvalue weighted by Gasteiger charge is 1.95. The predicted molar refractivity (Wildman–Crippen MR) is 86.4 cm³/mol. The Morgan fingerprint density at radius 1 is 0.789 bits per heavy atom. The summed E-state index contributed by atoms with van der Waals surface area (Å²) in [6.45, 7) is 2.28. The fourth-order valence-electron chi connectivity index (χ4n) is 2.57. The quantitative estimate of drug-likeness (QED) is 0.399. The lowest BCUT2D eigenvalue weighted by atomic mass is 10.0. The molecule has 0 aliphatic carbocycles. The van der Waals surface area contributed by atoms with Crippen molar-refractivity contribution in [2.45, 2.75) is 77.6 Å². The van der Waals surface area contributed by atoms with Gasteiger partial charge in [-0.15, -0.1) is 0 Å². The van der Waals surface area contributed by atoms with Crippen LogP contribution in [0.3, 0.4) is 0 Å². The van der Waals surface area contributed by atoms with Crippen molar-refractivity contribution in [3.05, 3.63) is 29.8 Å². The van der Waals surface area contributed by atoms with Crippen molar-refractivity contribution in [2.24, 2.45) is 0 Å². The van der Waals surface area contributed by atoms with Gasteiger partial charge in [0, 0.05) is 5.69 Å². The Labute approximate surface area is 119 Å². The van der Waals surface area contributed by atoms with Gasteiger partial charge in [0.05, 0.1) is 0 Å². The first-order chi connectivity index (χ1) is 9.33. The molecule has 0 aliphatic rings. The van der Waals surface area contributed by atoms with E-state index >= 15 is 0 Å². The highest BCUT2D eigenvalue weighted by Crippen LogP contribution is 2.13. The molecule has 19 heavy (non-hydrogen) atoms. The number of nitrogens with two attached hydrogens (primary N) is 1. The van der Waals surface area contributed by atoms with E-state index in [1.165, 1.54) is 76.2 Å². The van der Waals surface area contributed by atoms with Gasteiger partial charge >= 0.3 is 0 Å². The third-order valence-corrected chi connectivity index (χ3v) is 3.77. The van der Waals surface area contributed by atoms with Gasteiger partial charge in [-0.2, -0.15) is 0 Å². The molecule has 0 unspecified atom stereocenters. The van der Waals surface area contributed by atoms with Gasteiger partial charge in [-0.1, -0.05) is 76.8 Å². The average molecular weight is 261 g/mol. The number of benzene rings is 1. The number of hydrogen-bond acceptors (Lipinski definition) is 1. The molecular formula is C18H31N. The number of unbranched alkanes of at least 4 members (excludes halogenated alkanes) is 9. The number of aryl methyl sites for hydroxylation is 1. The van der Waals surface area contributed by atoms with Crippen LogP contribution in [0.2, 0.25) is 0 Å². The van der Waals surface area contributed by atoms with Crippen LogP contribution in [0.15, 0.2) is 24.3 Å². The van der Waals surface area contributed by atoms with E-state index in [0.29, 0.717) is 0 Å². The smallest absolute Gasteiger partial charge is 0.0316 e. The summed E-state index contributed by atoms with van der Waals surface area (Å²) in [6.07, 6.45) is 15.2.